The molecule has 0 spiro atoms. The molecule has 6 nitrogen and oxygen atoms in total. The van der Waals surface area contributed by atoms with Gasteiger partial charge < -0.3 is 14.8 Å². The third kappa shape index (κ3) is 3.51. The fourth-order valence-electron chi connectivity index (χ4n) is 2.90. The number of imide groups is 1. The lowest BCUT2D eigenvalue weighted by Crippen LogP contribution is -2.51. The van der Waals surface area contributed by atoms with Gasteiger partial charge in [0.1, 0.15) is 11.6 Å². The Labute approximate surface area is 148 Å². The molecule has 1 aromatic rings. The molecule has 0 unspecified atom stereocenters. The molecule has 2 N–H and O–H groups in total. The SMILES string of the molecule is C[C@]1([C@@H](O[C@H]2CCCCO2)c2ccc(I)cc2)NC(=O)NC1=O. The highest BCUT2D eigenvalue weighted by atomic mass is 127. The van der Waals surface area contributed by atoms with Crippen LogP contribution in [-0.2, 0) is 14.3 Å². The van der Waals surface area contributed by atoms with Crippen LogP contribution in [0.3, 0.4) is 0 Å². The number of halogens is 1. The summed E-state index contributed by atoms with van der Waals surface area (Å²) in [5, 5.41) is 5.00. The molecule has 0 bridgehead atoms. The second-order valence-electron chi connectivity index (χ2n) is 5.97. The molecule has 2 heterocycles. The van der Waals surface area contributed by atoms with Crippen LogP contribution >= 0.6 is 22.6 Å². The molecule has 2 aliphatic rings. The predicted molar refractivity (Wildman–Crippen MR) is 91.7 cm³/mol. The number of carbonyl (C=O) groups is 2. The van der Waals surface area contributed by atoms with E-state index >= 15 is 0 Å². The summed E-state index contributed by atoms with van der Waals surface area (Å²) in [6.07, 6.45) is 1.85. The van der Waals surface area contributed by atoms with Crippen LogP contribution in [0.2, 0.25) is 0 Å². The van der Waals surface area contributed by atoms with Gasteiger partial charge in [0.25, 0.3) is 5.91 Å². The smallest absolute Gasteiger partial charge is 0.322 e. The van der Waals surface area contributed by atoms with E-state index < -0.39 is 17.7 Å². The highest BCUT2D eigenvalue weighted by Crippen LogP contribution is 2.35. The van der Waals surface area contributed by atoms with E-state index in [0.29, 0.717) is 6.61 Å². The zero-order chi connectivity index (χ0) is 16.4. The molecule has 1 aromatic carbocycles. The molecule has 7 heteroatoms. The van der Waals surface area contributed by atoms with E-state index in [2.05, 4.69) is 33.2 Å². The van der Waals surface area contributed by atoms with Crippen LogP contribution in [0, 0.1) is 3.57 Å². The number of nitrogens with one attached hydrogen (secondary N) is 2. The first-order valence-corrected chi connectivity index (χ1v) is 8.73. The first-order valence-electron chi connectivity index (χ1n) is 7.65. The van der Waals surface area contributed by atoms with E-state index in [0.717, 1.165) is 28.4 Å². The Morgan fingerprint density at radius 2 is 2.04 bits per heavy atom. The maximum atomic E-state index is 12.3. The van der Waals surface area contributed by atoms with E-state index in [9.17, 15) is 9.59 Å². The normalized spacial score (nSPS) is 29.0. The summed E-state index contributed by atoms with van der Waals surface area (Å²) < 4.78 is 12.9. The predicted octanol–water partition coefficient (Wildman–Crippen LogP) is 2.47. The first kappa shape index (κ1) is 16.7. The van der Waals surface area contributed by atoms with Crippen molar-refractivity contribution in [3.63, 3.8) is 0 Å². The van der Waals surface area contributed by atoms with Gasteiger partial charge in [-0.2, -0.15) is 0 Å². The minimum atomic E-state index is -1.16. The van der Waals surface area contributed by atoms with E-state index in [-0.39, 0.29) is 12.2 Å². The maximum absolute atomic E-state index is 12.3. The number of hydrogen-bond donors (Lipinski definition) is 2. The van der Waals surface area contributed by atoms with Crippen molar-refractivity contribution in [2.45, 2.75) is 44.1 Å². The van der Waals surface area contributed by atoms with Gasteiger partial charge in [-0.05, 0) is 66.5 Å². The maximum Gasteiger partial charge on any atom is 0.322 e. The van der Waals surface area contributed by atoms with Gasteiger partial charge in [-0.1, -0.05) is 12.1 Å². The van der Waals surface area contributed by atoms with Crippen LogP contribution in [0.25, 0.3) is 0 Å². The third-order valence-corrected chi connectivity index (χ3v) is 4.91. The van der Waals surface area contributed by atoms with Gasteiger partial charge in [0.15, 0.2) is 6.29 Å². The van der Waals surface area contributed by atoms with Gasteiger partial charge in [-0.3, -0.25) is 10.1 Å². The summed E-state index contributed by atoms with van der Waals surface area (Å²) in [7, 11) is 0. The number of rotatable bonds is 4. The van der Waals surface area contributed by atoms with E-state index in [1.807, 2.05) is 24.3 Å². The van der Waals surface area contributed by atoms with E-state index in [1.54, 1.807) is 6.92 Å². The van der Waals surface area contributed by atoms with Gasteiger partial charge in [-0.25, -0.2) is 4.79 Å². The second-order valence-corrected chi connectivity index (χ2v) is 7.22. The van der Waals surface area contributed by atoms with Crippen LogP contribution in [-0.4, -0.2) is 30.4 Å². The minimum absolute atomic E-state index is 0.366. The number of hydrogen-bond acceptors (Lipinski definition) is 4. The lowest BCUT2D eigenvalue weighted by molar-refractivity contribution is -0.203. The van der Waals surface area contributed by atoms with E-state index in [4.69, 9.17) is 9.47 Å². The zero-order valence-electron chi connectivity index (χ0n) is 12.8. The summed E-state index contributed by atoms with van der Waals surface area (Å²) in [4.78, 5) is 23.9. The molecular formula is C16H19IN2O4. The summed E-state index contributed by atoms with van der Waals surface area (Å²) in [6, 6.07) is 7.23. The standard InChI is InChI=1S/C16H19IN2O4/c1-16(14(20)18-15(21)19-16)13(10-5-7-11(17)8-6-10)23-12-4-2-3-9-22-12/h5-8,12-13H,2-4,9H2,1H3,(H2,18,19,20,21)/t12-,13-,16+/m0/s1. The van der Waals surface area contributed by atoms with Crippen molar-refractivity contribution in [3.05, 3.63) is 33.4 Å². The Hall–Kier alpha value is -1.19. The Bertz CT molecular complexity index is 601. The summed E-state index contributed by atoms with van der Waals surface area (Å²) in [5.74, 6) is -0.387. The largest absolute Gasteiger partial charge is 0.353 e. The third-order valence-electron chi connectivity index (χ3n) is 4.19. The highest BCUT2D eigenvalue weighted by Gasteiger charge is 2.50. The van der Waals surface area contributed by atoms with Crippen LogP contribution in [0.4, 0.5) is 4.79 Å². The fraction of sp³-hybridized carbons (Fsp3) is 0.500. The van der Waals surface area contributed by atoms with E-state index in [1.165, 1.54) is 0 Å². The average molecular weight is 430 g/mol. The molecule has 3 atom stereocenters. The summed E-state index contributed by atoms with van der Waals surface area (Å²) >= 11 is 2.22. The van der Waals surface area contributed by atoms with Gasteiger partial charge in [0.05, 0.1) is 0 Å². The van der Waals surface area contributed by atoms with Crippen molar-refractivity contribution in [1.29, 1.82) is 0 Å². The van der Waals surface area contributed by atoms with Gasteiger partial charge in [0, 0.05) is 10.2 Å². The quantitative estimate of drug-likeness (QED) is 0.569. The molecule has 0 aliphatic carbocycles. The molecule has 23 heavy (non-hydrogen) atoms. The summed E-state index contributed by atoms with van der Waals surface area (Å²) in [6.45, 7) is 2.33. The molecule has 124 valence electrons. The Morgan fingerprint density at radius 3 is 2.61 bits per heavy atom. The van der Waals surface area contributed by atoms with Gasteiger partial charge in [0.2, 0.25) is 0 Å². The highest BCUT2D eigenvalue weighted by molar-refractivity contribution is 14.1. The topological polar surface area (TPSA) is 76.7 Å². The zero-order valence-corrected chi connectivity index (χ0v) is 15.0. The number of amides is 3. The number of carbonyl (C=O) groups excluding carboxylic acids is 2. The van der Waals surface area contributed by atoms with Crippen molar-refractivity contribution in [2.24, 2.45) is 0 Å². The van der Waals surface area contributed by atoms with Crippen LogP contribution in [0.15, 0.2) is 24.3 Å². The van der Waals surface area contributed by atoms with Crippen LogP contribution in [0.1, 0.15) is 37.9 Å². The van der Waals surface area contributed by atoms with Crippen LogP contribution < -0.4 is 10.6 Å². The average Bonchev–Trinajstić information content (AvgIpc) is 2.80. The summed E-state index contributed by atoms with van der Waals surface area (Å²) in [5.41, 5.74) is -0.329. The van der Waals surface area contributed by atoms with Crippen molar-refractivity contribution in [2.75, 3.05) is 6.61 Å². The molecule has 3 rings (SSSR count). The minimum Gasteiger partial charge on any atom is -0.353 e. The van der Waals surface area contributed by atoms with Gasteiger partial charge in [-0.15, -0.1) is 0 Å². The number of benzene rings is 1. The van der Waals surface area contributed by atoms with Crippen molar-refractivity contribution in [3.8, 4) is 0 Å². The Balaban J connectivity index is 1.90. The lowest BCUT2D eigenvalue weighted by atomic mass is 9.89. The van der Waals surface area contributed by atoms with Crippen molar-refractivity contribution in [1.82, 2.24) is 10.6 Å². The first-order chi connectivity index (χ1) is 11.0. The number of ether oxygens (including phenoxy) is 2. The lowest BCUT2D eigenvalue weighted by Gasteiger charge is -2.35. The molecule has 2 aliphatic heterocycles. The second kappa shape index (κ2) is 6.74. The van der Waals surface area contributed by atoms with Crippen LogP contribution in [0.5, 0.6) is 0 Å². The number of urea groups is 1. The molecule has 0 aromatic heterocycles. The Morgan fingerprint density at radius 1 is 1.30 bits per heavy atom. The fourth-order valence-corrected chi connectivity index (χ4v) is 3.26. The molecule has 2 saturated heterocycles. The molecular weight excluding hydrogens is 411 g/mol. The molecule has 3 amide bonds. The monoisotopic (exact) mass is 430 g/mol. The molecule has 0 radical (unpaired) electrons. The molecule has 2 fully saturated rings. The van der Waals surface area contributed by atoms with Crippen molar-refractivity contribution < 1.29 is 19.1 Å². The molecule has 0 saturated carbocycles. The Kier molecular flexibility index (Phi) is 4.88. The van der Waals surface area contributed by atoms with Gasteiger partial charge >= 0.3 is 6.03 Å². The van der Waals surface area contributed by atoms with Crippen molar-refractivity contribution >= 4 is 34.5 Å².